The summed E-state index contributed by atoms with van der Waals surface area (Å²) in [4.78, 5) is 15.6. The van der Waals surface area contributed by atoms with Crippen LogP contribution in [0.4, 0.5) is 0 Å². The van der Waals surface area contributed by atoms with Gasteiger partial charge in [-0.15, -0.1) is 0 Å². The molecule has 1 saturated carbocycles. The first kappa shape index (κ1) is 19.9. The Morgan fingerprint density at radius 1 is 0.893 bits per heavy atom. The smallest absolute Gasteiger partial charge is 0.243 e. The molecule has 1 aliphatic carbocycles. The van der Waals surface area contributed by atoms with Crippen molar-refractivity contribution in [3.05, 3.63) is 29.8 Å². The van der Waals surface area contributed by atoms with E-state index in [1.807, 2.05) is 24.0 Å². The first-order valence-electron chi connectivity index (χ1n) is 10.8. The molecule has 0 radical (unpaired) electrons. The van der Waals surface area contributed by atoms with E-state index in [9.17, 15) is 13.2 Å². The van der Waals surface area contributed by atoms with Crippen LogP contribution in [0, 0.1) is 24.7 Å². The van der Waals surface area contributed by atoms with E-state index in [1.54, 1.807) is 12.1 Å². The molecule has 1 aromatic rings. The molecule has 3 fully saturated rings. The van der Waals surface area contributed by atoms with Crippen molar-refractivity contribution in [3.63, 3.8) is 0 Å². The van der Waals surface area contributed by atoms with Crippen molar-refractivity contribution < 1.29 is 13.2 Å². The lowest BCUT2D eigenvalue weighted by Crippen LogP contribution is -2.50. The molecular formula is C22H32N2O3S. The van der Waals surface area contributed by atoms with Crippen LogP contribution in [0.5, 0.6) is 0 Å². The Morgan fingerprint density at radius 3 is 2.36 bits per heavy atom. The summed E-state index contributed by atoms with van der Waals surface area (Å²) in [6.45, 7) is 4.50. The molecule has 1 amide bonds. The monoisotopic (exact) mass is 404 g/mol. The van der Waals surface area contributed by atoms with Gasteiger partial charge in [0.2, 0.25) is 15.9 Å². The van der Waals surface area contributed by atoms with Crippen molar-refractivity contribution in [1.29, 1.82) is 0 Å². The van der Waals surface area contributed by atoms with Crippen LogP contribution in [-0.2, 0) is 14.8 Å². The van der Waals surface area contributed by atoms with E-state index < -0.39 is 10.0 Å². The van der Waals surface area contributed by atoms with E-state index in [-0.39, 0.29) is 11.8 Å². The highest BCUT2D eigenvalue weighted by Crippen LogP contribution is 2.37. The van der Waals surface area contributed by atoms with Crippen molar-refractivity contribution in [2.75, 3.05) is 26.2 Å². The van der Waals surface area contributed by atoms with Gasteiger partial charge >= 0.3 is 0 Å². The highest BCUT2D eigenvalue weighted by atomic mass is 32.2. The molecule has 3 aliphatic rings. The van der Waals surface area contributed by atoms with E-state index in [2.05, 4.69) is 0 Å². The van der Waals surface area contributed by atoms with Gasteiger partial charge in [-0.1, -0.05) is 37.0 Å². The third kappa shape index (κ3) is 3.99. The highest BCUT2D eigenvalue weighted by molar-refractivity contribution is 7.89. The minimum Gasteiger partial charge on any atom is -0.342 e. The Balaban J connectivity index is 1.43. The number of amides is 1. The Bertz CT molecular complexity index is 806. The Hall–Kier alpha value is -1.40. The van der Waals surface area contributed by atoms with Gasteiger partial charge in [-0.25, -0.2) is 8.42 Å². The highest BCUT2D eigenvalue weighted by Gasteiger charge is 2.38. The van der Waals surface area contributed by atoms with E-state index in [1.165, 1.54) is 30.0 Å². The number of carbonyl (C=O) groups excluding carboxylic acids is 1. The van der Waals surface area contributed by atoms with E-state index in [4.69, 9.17) is 0 Å². The van der Waals surface area contributed by atoms with Gasteiger partial charge in [0.15, 0.2) is 0 Å². The molecule has 6 heteroatoms. The second kappa shape index (κ2) is 8.15. The summed E-state index contributed by atoms with van der Waals surface area (Å²) >= 11 is 0. The number of fused-ring (bicyclic) bond motifs is 1. The molecule has 1 aromatic carbocycles. The van der Waals surface area contributed by atoms with Gasteiger partial charge in [-0.3, -0.25) is 4.79 Å². The lowest BCUT2D eigenvalue weighted by Gasteiger charge is -2.43. The van der Waals surface area contributed by atoms with E-state index in [0.29, 0.717) is 23.9 Å². The normalized spacial score (nSPS) is 29.3. The minimum absolute atomic E-state index is 0.174. The number of hydrogen-bond donors (Lipinski definition) is 0. The van der Waals surface area contributed by atoms with Gasteiger partial charge in [0.25, 0.3) is 0 Å². The van der Waals surface area contributed by atoms with E-state index in [0.717, 1.165) is 43.8 Å². The molecule has 2 saturated heterocycles. The van der Waals surface area contributed by atoms with E-state index >= 15 is 0 Å². The average molecular weight is 405 g/mol. The fraction of sp³-hybridized carbons (Fsp3) is 0.682. The molecule has 4 rings (SSSR count). The number of likely N-dealkylation sites (tertiary alicyclic amines) is 1. The SMILES string of the molecule is Cc1ccc(S(=O)(=O)N2CCC[C@H](C(=O)N3CC[C@H]4CCCC[C@H]4C3)C2)cc1. The molecule has 154 valence electrons. The number of hydrogen-bond acceptors (Lipinski definition) is 3. The maximum atomic E-state index is 13.2. The largest absolute Gasteiger partial charge is 0.342 e. The predicted octanol–water partition coefficient (Wildman–Crippen LogP) is 3.43. The van der Waals surface area contributed by atoms with Crippen molar-refractivity contribution in [2.45, 2.75) is 56.8 Å². The van der Waals surface area contributed by atoms with Crippen LogP contribution in [-0.4, -0.2) is 49.7 Å². The van der Waals surface area contributed by atoms with Crippen LogP contribution in [0.1, 0.15) is 50.5 Å². The topological polar surface area (TPSA) is 57.7 Å². The number of carbonyl (C=O) groups is 1. The molecule has 0 bridgehead atoms. The van der Waals surface area contributed by atoms with Crippen molar-refractivity contribution in [1.82, 2.24) is 9.21 Å². The lowest BCUT2D eigenvalue weighted by atomic mass is 9.75. The molecule has 28 heavy (non-hydrogen) atoms. The summed E-state index contributed by atoms with van der Waals surface area (Å²) in [5.74, 6) is 1.42. The summed E-state index contributed by atoms with van der Waals surface area (Å²) < 4.78 is 27.6. The maximum absolute atomic E-state index is 13.2. The quantitative estimate of drug-likeness (QED) is 0.775. The van der Waals surface area contributed by atoms with Crippen LogP contribution in [0.15, 0.2) is 29.2 Å². The van der Waals surface area contributed by atoms with Crippen LogP contribution in [0.3, 0.4) is 0 Å². The fourth-order valence-electron chi connectivity index (χ4n) is 5.28. The second-order valence-corrected chi connectivity index (χ2v) is 10.8. The zero-order valence-electron chi connectivity index (χ0n) is 16.8. The van der Waals surface area contributed by atoms with Crippen molar-refractivity contribution in [3.8, 4) is 0 Å². The Labute approximate surface area is 169 Å². The third-order valence-electron chi connectivity index (χ3n) is 6.99. The third-order valence-corrected chi connectivity index (χ3v) is 8.87. The van der Waals surface area contributed by atoms with Gasteiger partial charge in [-0.05, 0) is 56.6 Å². The maximum Gasteiger partial charge on any atom is 0.243 e. The predicted molar refractivity (Wildman–Crippen MR) is 109 cm³/mol. The fourth-order valence-corrected chi connectivity index (χ4v) is 6.80. The second-order valence-electron chi connectivity index (χ2n) is 8.89. The molecule has 0 N–H and O–H groups in total. The van der Waals surface area contributed by atoms with Crippen LogP contribution >= 0.6 is 0 Å². The zero-order valence-corrected chi connectivity index (χ0v) is 17.7. The van der Waals surface area contributed by atoms with Gasteiger partial charge < -0.3 is 4.90 Å². The standard InChI is InChI=1S/C22H32N2O3S/c1-17-8-10-21(11-9-17)28(26,27)24-13-4-7-20(16-24)22(25)23-14-12-18-5-2-3-6-19(18)15-23/h8-11,18-20H,2-7,12-16H2,1H3/t18-,19+,20+/m1/s1. The summed E-state index contributed by atoms with van der Waals surface area (Å²) in [6.07, 6.45) is 7.85. The molecule has 0 spiro atoms. The molecule has 0 aromatic heterocycles. The number of rotatable bonds is 3. The van der Waals surface area contributed by atoms with Crippen LogP contribution in [0.2, 0.25) is 0 Å². The van der Waals surface area contributed by atoms with Crippen LogP contribution in [0.25, 0.3) is 0 Å². The van der Waals surface area contributed by atoms with Gasteiger partial charge in [0, 0.05) is 26.2 Å². The number of aryl methyl sites for hydroxylation is 1. The number of piperidine rings is 2. The van der Waals surface area contributed by atoms with Gasteiger partial charge in [-0.2, -0.15) is 4.31 Å². The molecule has 2 heterocycles. The molecule has 3 atom stereocenters. The summed E-state index contributed by atoms with van der Waals surface area (Å²) in [6, 6.07) is 7.00. The van der Waals surface area contributed by atoms with Crippen LogP contribution < -0.4 is 0 Å². The molecular weight excluding hydrogens is 372 g/mol. The average Bonchev–Trinajstić information content (AvgIpc) is 2.73. The van der Waals surface area contributed by atoms with Gasteiger partial charge in [0.1, 0.15) is 0 Å². The lowest BCUT2D eigenvalue weighted by molar-refractivity contribution is -0.139. The molecule has 5 nitrogen and oxygen atoms in total. The number of nitrogens with zero attached hydrogens (tertiary/aromatic N) is 2. The first-order chi connectivity index (χ1) is 13.4. The Kier molecular flexibility index (Phi) is 5.79. The first-order valence-corrected chi connectivity index (χ1v) is 12.2. The van der Waals surface area contributed by atoms with Crippen molar-refractivity contribution in [2.24, 2.45) is 17.8 Å². The zero-order chi connectivity index (χ0) is 19.7. The summed E-state index contributed by atoms with van der Waals surface area (Å²) in [5.41, 5.74) is 1.04. The minimum atomic E-state index is -3.53. The Morgan fingerprint density at radius 2 is 1.61 bits per heavy atom. The van der Waals surface area contributed by atoms with Gasteiger partial charge in [0.05, 0.1) is 10.8 Å². The number of benzene rings is 1. The summed E-state index contributed by atoms with van der Waals surface area (Å²) in [7, 11) is -3.53. The number of sulfonamides is 1. The molecule has 0 unspecified atom stereocenters. The van der Waals surface area contributed by atoms with Crippen molar-refractivity contribution >= 4 is 15.9 Å². The summed E-state index contributed by atoms with van der Waals surface area (Å²) in [5, 5.41) is 0. The molecule has 2 aliphatic heterocycles.